The first kappa shape index (κ1) is 14.0. The van der Waals surface area contributed by atoms with E-state index in [-0.39, 0.29) is 0 Å². The molecule has 1 aromatic heterocycles. The summed E-state index contributed by atoms with van der Waals surface area (Å²) in [7, 11) is 0. The molecular weight excluding hydrogens is 286 g/mol. The van der Waals surface area contributed by atoms with Gasteiger partial charge in [-0.1, -0.05) is 47.6 Å². The molecule has 0 fully saturated rings. The zero-order valence-electron chi connectivity index (χ0n) is 13.4. The van der Waals surface area contributed by atoms with Crippen LogP contribution in [0.5, 0.6) is 0 Å². The summed E-state index contributed by atoms with van der Waals surface area (Å²) in [6.45, 7) is 4.94. The summed E-state index contributed by atoms with van der Waals surface area (Å²) in [4.78, 5) is 6.93. The van der Waals surface area contributed by atoms with Gasteiger partial charge in [-0.25, -0.2) is 0 Å². The van der Waals surface area contributed by atoms with Crippen LogP contribution in [0.3, 0.4) is 0 Å². The molecule has 4 nitrogen and oxygen atoms in total. The molecule has 0 aliphatic carbocycles. The summed E-state index contributed by atoms with van der Waals surface area (Å²) in [5.41, 5.74) is 4.84. The molecule has 0 radical (unpaired) electrons. The predicted octanol–water partition coefficient (Wildman–Crippen LogP) is 4.00. The molecule has 1 atom stereocenters. The van der Waals surface area contributed by atoms with Crippen LogP contribution in [0.2, 0.25) is 0 Å². The van der Waals surface area contributed by atoms with Crippen LogP contribution in [-0.2, 0) is 13.0 Å². The first-order valence-electron chi connectivity index (χ1n) is 7.95. The average Bonchev–Trinajstić information content (AvgIpc) is 3.14. The van der Waals surface area contributed by atoms with E-state index in [1.165, 1.54) is 11.3 Å². The minimum atomic E-state index is 0.446. The predicted molar refractivity (Wildman–Crippen MR) is 90.3 cm³/mol. The second-order valence-corrected chi connectivity index (χ2v) is 6.14. The Kier molecular flexibility index (Phi) is 3.37. The van der Waals surface area contributed by atoms with Crippen LogP contribution in [0.4, 0.5) is 5.69 Å². The number of para-hydroxylation sites is 1. The summed E-state index contributed by atoms with van der Waals surface area (Å²) in [6.07, 6.45) is 1.06. The molecule has 116 valence electrons. The standard InChI is InChI=1S/C19H19N3O/c1-13-7-3-5-9-16(13)19-20-18(23-21-19)12-22-14(2)11-15-8-4-6-10-17(15)22/h3-10,14H,11-12H2,1-2H3/t14-/m0/s1. The lowest BCUT2D eigenvalue weighted by Gasteiger charge is -2.22. The third-order valence-corrected chi connectivity index (χ3v) is 4.51. The molecule has 0 saturated heterocycles. The van der Waals surface area contributed by atoms with Crippen molar-refractivity contribution in [3.05, 3.63) is 65.5 Å². The zero-order valence-corrected chi connectivity index (χ0v) is 13.4. The molecule has 2 aromatic carbocycles. The summed E-state index contributed by atoms with van der Waals surface area (Å²) >= 11 is 0. The molecule has 0 unspecified atom stereocenters. The van der Waals surface area contributed by atoms with E-state index in [2.05, 4.69) is 59.2 Å². The summed E-state index contributed by atoms with van der Waals surface area (Å²) < 4.78 is 5.50. The minimum Gasteiger partial charge on any atom is -0.359 e. The lowest BCUT2D eigenvalue weighted by Crippen LogP contribution is -2.28. The van der Waals surface area contributed by atoms with E-state index in [1.807, 2.05) is 18.2 Å². The number of benzene rings is 2. The molecule has 3 aromatic rings. The number of hydrogen-bond donors (Lipinski definition) is 0. The molecular formula is C19H19N3O. The van der Waals surface area contributed by atoms with Crippen LogP contribution in [0, 0.1) is 6.92 Å². The highest BCUT2D eigenvalue weighted by Gasteiger charge is 2.27. The molecule has 1 aliphatic rings. The van der Waals surface area contributed by atoms with Gasteiger partial charge >= 0.3 is 0 Å². The Morgan fingerprint density at radius 3 is 2.78 bits per heavy atom. The van der Waals surface area contributed by atoms with Crippen LogP contribution < -0.4 is 4.90 Å². The molecule has 23 heavy (non-hydrogen) atoms. The van der Waals surface area contributed by atoms with E-state index < -0.39 is 0 Å². The maximum atomic E-state index is 5.50. The van der Waals surface area contributed by atoms with Gasteiger partial charge in [0.2, 0.25) is 11.7 Å². The van der Waals surface area contributed by atoms with Crippen molar-refractivity contribution in [1.29, 1.82) is 0 Å². The molecule has 4 rings (SSSR count). The van der Waals surface area contributed by atoms with Crippen molar-refractivity contribution >= 4 is 5.69 Å². The first-order valence-corrected chi connectivity index (χ1v) is 7.95. The topological polar surface area (TPSA) is 42.2 Å². The highest BCUT2D eigenvalue weighted by molar-refractivity contribution is 5.60. The van der Waals surface area contributed by atoms with Crippen molar-refractivity contribution in [2.24, 2.45) is 0 Å². The van der Waals surface area contributed by atoms with Crippen molar-refractivity contribution < 1.29 is 4.52 Å². The van der Waals surface area contributed by atoms with E-state index >= 15 is 0 Å². The van der Waals surface area contributed by atoms with Gasteiger partial charge in [-0.05, 0) is 37.5 Å². The van der Waals surface area contributed by atoms with Gasteiger partial charge in [-0.3, -0.25) is 0 Å². The Hall–Kier alpha value is -2.62. The Balaban J connectivity index is 1.60. The lowest BCUT2D eigenvalue weighted by molar-refractivity contribution is 0.374. The number of hydrogen-bond acceptors (Lipinski definition) is 4. The highest BCUT2D eigenvalue weighted by atomic mass is 16.5. The zero-order chi connectivity index (χ0) is 15.8. The second kappa shape index (κ2) is 5.54. The first-order chi connectivity index (χ1) is 11.2. The Labute approximate surface area is 135 Å². The van der Waals surface area contributed by atoms with Crippen molar-refractivity contribution in [3.63, 3.8) is 0 Å². The fourth-order valence-electron chi connectivity index (χ4n) is 3.27. The molecule has 2 heterocycles. The second-order valence-electron chi connectivity index (χ2n) is 6.14. The molecule has 0 bridgehead atoms. The Morgan fingerprint density at radius 2 is 1.91 bits per heavy atom. The summed E-state index contributed by atoms with van der Waals surface area (Å²) in [5.74, 6) is 1.32. The number of aryl methyl sites for hydroxylation is 1. The van der Waals surface area contributed by atoms with Gasteiger partial charge in [0.25, 0.3) is 0 Å². The van der Waals surface area contributed by atoms with E-state index in [9.17, 15) is 0 Å². The van der Waals surface area contributed by atoms with Crippen molar-refractivity contribution in [2.75, 3.05) is 4.90 Å². The van der Waals surface area contributed by atoms with E-state index in [0.717, 1.165) is 17.5 Å². The maximum Gasteiger partial charge on any atom is 0.246 e. The lowest BCUT2D eigenvalue weighted by atomic mass is 10.1. The quantitative estimate of drug-likeness (QED) is 0.733. The normalized spacial score (nSPS) is 16.6. The number of nitrogens with zero attached hydrogens (tertiary/aromatic N) is 3. The van der Waals surface area contributed by atoms with Gasteiger partial charge < -0.3 is 9.42 Å². The summed E-state index contributed by atoms with van der Waals surface area (Å²) in [5, 5.41) is 4.16. The monoisotopic (exact) mass is 305 g/mol. The van der Waals surface area contributed by atoms with Crippen LogP contribution in [0.15, 0.2) is 53.1 Å². The van der Waals surface area contributed by atoms with Crippen LogP contribution in [0.1, 0.15) is 23.9 Å². The largest absolute Gasteiger partial charge is 0.359 e. The van der Waals surface area contributed by atoms with Crippen molar-refractivity contribution in [1.82, 2.24) is 10.1 Å². The van der Waals surface area contributed by atoms with Gasteiger partial charge in [0.15, 0.2) is 0 Å². The van der Waals surface area contributed by atoms with Crippen molar-refractivity contribution in [2.45, 2.75) is 32.9 Å². The minimum absolute atomic E-state index is 0.446. The van der Waals surface area contributed by atoms with E-state index in [4.69, 9.17) is 4.52 Å². The molecule has 1 aliphatic heterocycles. The van der Waals surface area contributed by atoms with E-state index in [0.29, 0.717) is 24.3 Å². The maximum absolute atomic E-state index is 5.50. The highest BCUT2D eigenvalue weighted by Crippen LogP contribution is 2.33. The number of aromatic nitrogens is 2. The Morgan fingerprint density at radius 1 is 1.13 bits per heavy atom. The van der Waals surface area contributed by atoms with Gasteiger partial charge in [-0.15, -0.1) is 0 Å². The van der Waals surface area contributed by atoms with Gasteiger partial charge in [0.05, 0.1) is 6.54 Å². The molecule has 0 saturated carbocycles. The molecule has 0 N–H and O–H groups in total. The van der Waals surface area contributed by atoms with E-state index in [1.54, 1.807) is 0 Å². The van der Waals surface area contributed by atoms with Gasteiger partial charge in [-0.2, -0.15) is 4.98 Å². The molecule has 0 amide bonds. The summed E-state index contributed by atoms with van der Waals surface area (Å²) in [6, 6.07) is 17.1. The van der Waals surface area contributed by atoms with Crippen LogP contribution >= 0.6 is 0 Å². The fourth-order valence-corrected chi connectivity index (χ4v) is 3.27. The average molecular weight is 305 g/mol. The fraction of sp³-hybridized carbons (Fsp3) is 0.263. The Bertz CT molecular complexity index is 840. The number of rotatable bonds is 3. The smallest absolute Gasteiger partial charge is 0.246 e. The van der Waals surface area contributed by atoms with Gasteiger partial charge in [0, 0.05) is 17.3 Å². The number of anilines is 1. The SMILES string of the molecule is Cc1ccccc1-c1noc(CN2c3ccccc3C[C@@H]2C)n1. The van der Waals surface area contributed by atoms with Crippen LogP contribution in [0.25, 0.3) is 11.4 Å². The van der Waals surface area contributed by atoms with Crippen molar-refractivity contribution in [3.8, 4) is 11.4 Å². The van der Waals surface area contributed by atoms with Gasteiger partial charge in [0.1, 0.15) is 0 Å². The van der Waals surface area contributed by atoms with Crippen LogP contribution in [-0.4, -0.2) is 16.2 Å². The molecule has 4 heteroatoms. The third kappa shape index (κ3) is 2.50. The molecule has 0 spiro atoms. The number of fused-ring (bicyclic) bond motifs is 1. The third-order valence-electron chi connectivity index (χ3n) is 4.51.